The minimum Gasteiger partial charge on any atom is -0.494 e. The van der Waals surface area contributed by atoms with Crippen molar-refractivity contribution < 1.29 is 38.0 Å². The zero-order valence-corrected chi connectivity index (χ0v) is 19.6. The first kappa shape index (κ1) is 26.2. The van der Waals surface area contributed by atoms with Crippen LogP contribution in [-0.2, 0) is 32.2 Å². The molecule has 0 bridgehead atoms. The lowest BCUT2D eigenvalue weighted by molar-refractivity contribution is -0.122. The molecule has 2 aromatic heterocycles. The Morgan fingerprint density at radius 3 is 2.94 bits per heavy atom. The second-order valence-electron chi connectivity index (χ2n) is 7.20. The number of carbonyl (C=O) groups excluding carboxylic acids is 1. The van der Waals surface area contributed by atoms with Crippen molar-refractivity contribution in [3.63, 3.8) is 0 Å². The first-order chi connectivity index (χ1) is 17.0. The van der Waals surface area contributed by atoms with Gasteiger partial charge in [-0.2, -0.15) is 0 Å². The summed E-state index contributed by atoms with van der Waals surface area (Å²) in [6, 6.07) is 4.29. The van der Waals surface area contributed by atoms with E-state index in [2.05, 4.69) is 15.3 Å². The Bertz CT molecular complexity index is 1210. The van der Waals surface area contributed by atoms with Crippen LogP contribution in [-0.4, -0.2) is 67.1 Å². The van der Waals surface area contributed by atoms with Crippen LogP contribution in [0.15, 0.2) is 28.4 Å². The van der Waals surface area contributed by atoms with Gasteiger partial charge in [0.1, 0.15) is 10.9 Å². The standard InChI is InChI=1S/C21H22FN3O6S.CH2O2/c1-28-16-6-12(2-3-15(16)22)7-23-20(27)18-24-19(26)17-13(11-32-21(17)25-18)8-30-10-14-9-29-4-5-31-14;2-1-3/h2-3,6,11,14H,4-5,7-10H2,1H3,(H,23,27)(H,24,25,26);1H,(H,2,3). The molecule has 13 heteroatoms. The van der Waals surface area contributed by atoms with Gasteiger partial charge in [-0.05, 0) is 23.1 Å². The third kappa shape index (κ3) is 7.05. The summed E-state index contributed by atoms with van der Waals surface area (Å²) in [6.07, 6.45) is -0.124. The number of hydrogen-bond acceptors (Lipinski definition) is 9. The molecule has 1 aliphatic rings. The average Bonchev–Trinajstić information content (AvgIpc) is 3.28. The van der Waals surface area contributed by atoms with E-state index in [-0.39, 0.29) is 37.3 Å². The van der Waals surface area contributed by atoms with Crippen molar-refractivity contribution in [3.8, 4) is 5.75 Å². The van der Waals surface area contributed by atoms with Gasteiger partial charge in [0, 0.05) is 12.1 Å². The van der Waals surface area contributed by atoms with Crippen LogP contribution in [0.2, 0.25) is 0 Å². The summed E-state index contributed by atoms with van der Waals surface area (Å²) in [7, 11) is 1.36. The minimum atomic E-state index is -0.548. The lowest BCUT2D eigenvalue weighted by atomic mass is 10.2. The number of methoxy groups -OCH3 is 1. The number of thiophene rings is 1. The maximum Gasteiger partial charge on any atom is 0.290 e. The van der Waals surface area contributed by atoms with Crippen molar-refractivity contribution in [3.05, 3.63) is 56.7 Å². The summed E-state index contributed by atoms with van der Waals surface area (Å²) in [5.41, 5.74) is 0.921. The molecule has 3 aromatic rings. The first-order valence-corrected chi connectivity index (χ1v) is 11.3. The molecule has 1 aliphatic heterocycles. The van der Waals surface area contributed by atoms with Crippen LogP contribution in [0.25, 0.3) is 10.2 Å². The van der Waals surface area contributed by atoms with E-state index >= 15 is 0 Å². The number of nitrogens with one attached hydrogen (secondary N) is 2. The Labute approximate surface area is 202 Å². The van der Waals surface area contributed by atoms with Gasteiger partial charge in [0.05, 0.1) is 45.5 Å². The molecule has 1 atom stereocenters. The molecule has 0 aliphatic carbocycles. The van der Waals surface area contributed by atoms with Crippen LogP contribution < -0.4 is 15.6 Å². The number of aromatic amines is 1. The number of ether oxygens (including phenoxy) is 4. The molecule has 1 aromatic carbocycles. The van der Waals surface area contributed by atoms with Gasteiger partial charge in [0.2, 0.25) is 5.82 Å². The monoisotopic (exact) mass is 509 g/mol. The van der Waals surface area contributed by atoms with Crippen molar-refractivity contribution >= 4 is 33.9 Å². The number of hydrogen-bond donors (Lipinski definition) is 3. The summed E-state index contributed by atoms with van der Waals surface area (Å²) in [6.45, 7) is 2.06. The van der Waals surface area contributed by atoms with Gasteiger partial charge in [0.15, 0.2) is 11.6 Å². The topological polar surface area (TPSA) is 149 Å². The summed E-state index contributed by atoms with van der Waals surface area (Å²) < 4.78 is 35.0. The molecule has 1 unspecified atom stereocenters. The van der Waals surface area contributed by atoms with Crippen molar-refractivity contribution in [1.29, 1.82) is 0 Å². The van der Waals surface area contributed by atoms with Crippen molar-refractivity contribution in [2.45, 2.75) is 19.3 Å². The number of amides is 1. The van der Waals surface area contributed by atoms with Crippen molar-refractivity contribution in [2.24, 2.45) is 0 Å². The third-order valence-corrected chi connectivity index (χ3v) is 5.77. The number of carboxylic acid groups (broad SMARTS) is 1. The highest BCUT2D eigenvalue weighted by Gasteiger charge is 2.18. The summed E-state index contributed by atoms with van der Waals surface area (Å²) in [4.78, 5) is 40.7. The Morgan fingerprint density at radius 1 is 1.43 bits per heavy atom. The van der Waals surface area contributed by atoms with Crippen LogP contribution in [0.5, 0.6) is 5.75 Å². The summed E-state index contributed by atoms with van der Waals surface area (Å²) in [5.74, 6) is -1.05. The molecule has 188 valence electrons. The first-order valence-electron chi connectivity index (χ1n) is 10.4. The number of H-pyrrole nitrogens is 1. The zero-order valence-electron chi connectivity index (χ0n) is 18.7. The molecular weight excluding hydrogens is 485 g/mol. The van der Waals surface area contributed by atoms with Gasteiger partial charge < -0.3 is 34.4 Å². The van der Waals surface area contributed by atoms with E-state index in [1.807, 2.05) is 0 Å². The fourth-order valence-corrected chi connectivity index (χ4v) is 4.16. The number of aromatic nitrogens is 2. The highest BCUT2D eigenvalue weighted by molar-refractivity contribution is 7.16. The Balaban J connectivity index is 0.00000108. The third-order valence-electron chi connectivity index (χ3n) is 4.85. The van der Waals surface area contributed by atoms with Crippen LogP contribution >= 0.6 is 11.3 Å². The number of nitrogens with zero attached hydrogens (tertiary/aromatic N) is 1. The molecule has 0 spiro atoms. The van der Waals surface area contributed by atoms with Gasteiger partial charge in [-0.25, -0.2) is 9.37 Å². The minimum absolute atomic E-state index is 0.0839. The molecule has 35 heavy (non-hydrogen) atoms. The van der Waals surface area contributed by atoms with Gasteiger partial charge in [0.25, 0.3) is 17.9 Å². The molecule has 3 heterocycles. The van der Waals surface area contributed by atoms with E-state index in [0.717, 1.165) is 0 Å². The number of fused-ring (bicyclic) bond motifs is 1. The normalized spacial score (nSPS) is 15.2. The number of benzene rings is 1. The molecule has 4 rings (SSSR count). The maximum absolute atomic E-state index is 13.5. The molecule has 11 nitrogen and oxygen atoms in total. The van der Waals surface area contributed by atoms with Crippen LogP contribution in [0.1, 0.15) is 21.7 Å². The molecule has 1 amide bonds. The molecule has 0 radical (unpaired) electrons. The Morgan fingerprint density at radius 2 is 2.23 bits per heavy atom. The molecule has 3 N–H and O–H groups in total. The summed E-state index contributed by atoms with van der Waals surface area (Å²) >= 11 is 1.26. The van der Waals surface area contributed by atoms with Crippen molar-refractivity contribution in [1.82, 2.24) is 15.3 Å². The number of carbonyl (C=O) groups is 2. The van der Waals surface area contributed by atoms with Gasteiger partial charge in [-0.15, -0.1) is 11.3 Å². The van der Waals surface area contributed by atoms with Crippen molar-refractivity contribution in [2.75, 3.05) is 33.5 Å². The van der Waals surface area contributed by atoms with Crippen LogP contribution in [0.4, 0.5) is 4.39 Å². The van der Waals surface area contributed by atoms with Gasteiger partial charge in [-0.3, -0.25) is 14.4 Å². The number of rotatable bonds is 8. The zero-order chi connectivity index (χ0) is 25.2. The fraction of sp³-hybridized carbons (Fsp3) is 0.364. The molecule has 1 fully saturated rings. The highest BCUT2D eigenvalue weighted by atomic mass is 32.1. The molecule has 0 saturated carbocycles. The van der Waals surface area contributed by atoms with Gasteiger partial charge >= 0.3 is 0 Å². The SMILES string of the molecule is COc1cc(CNC(=O)c2nc3scc(COCC4COCCO4)c3c(=O)[nH]2)ccc1F.O=CO. The molecule has 1 saturated heterocycles. The van der Waals surface area contributed by atoms with E-state index in [4.69, 9.17) is 28.8 Å². The predicted octanol–water partition coefficient (Wildman–Crippen LogP) is 1.70. The predicted molar refractivity (Wildman–Crippen MR) is 123 cm³/mol. The van der Waals surface area contributed by atoms with E-state index < -0.39 is 17.3 Å². The van der Waals surface area contributed by atoms with Crippen LogP contribution in [0, 0.1) is 5.82 Å². The van der Waals surface area contributed by atoms with E-state index in [1.54, 1.807) is 5.38 Å². The molecular formula is C22H24FN3O8S. The Hall–Kier alpha value is -3.39. The lowest BCUT2D eigenvalue weighted by Gasteiger charge is -2.22. The van der Waals surface area contributed by atoms with Gasteiger partial charge in [-0.1, -0.05) is 6.07 Å². The van der Waals surface area contributed by atoms with E-state index in [0.29, 0.717) is 47.8 Å². The summed E-state index contributed by atoms with van der Waals surface area (Å²) in [5, 5.41) is 11.7. The fourth-order valence-electron chi connectivity index (χ4n) is 3.23. The smallest absolute Gasteiger partial charge is 0.290 e. The second kappa shape index (κ2) is 12.9. The lowest BCUT2D eigenvalue weighted by Crippen LogP contribution is -2.32. The van der Waals surface area contributed by atoms with Crippen LogP contribution in [0.3, 0.4) is 0 Å². The largest absolute Gasteiger partial charge is 0.494 e. The van der Waals surface area contributed by atoms with E-state index in [1.165, 1.54) is 36.6 Å². The number of halogens is 1. The van der Waals surface area contributed by atoms with E-state index in [9.17, 15) is 14.0 Å². The second-order valence-corrected chi connectivity index (χ2v) is 8.05. The highest BCUT2D eigenvalue weighted by Crippen LogP contribution is 2.22. The maximum atomic E-state index is 13.5. The Kier molecular flexibility index (Phi) is 9.66. The quantitative estimate of drug-likeness (QED) is 0.386. The average molecular weight is 510 g/mol.